The van der Waals surface area contributed by atoms with Gasteiger partial charge in [-0.25, -0.2) is 0 Å². The Morgan fingerprint density at radius 3 is 2.77 bits per heavy atom. The lowest BCUT2D eigenvalue weighted by atomic mass is 9.99. The number of nitro groups is 1. The SMILES string of the molecule is CCCCCCN1CC2C(C)C2C1c1ccc([N+](=O)[O-])c(NC(C)=O)c1. The second-order valence-electron chi connectivity index (χ2n) is 7.82. The molecule has 142 valence electrons. The number of nitrogens with zero attached hydrogens (tertiary/aromatic N) is 2. The van der Waals surface area contributed by atoms with E-state index in [2.05, 4.69) is 24.1 Å². The van der Waals surface area contributed by atoms with Crippen molar-refractivity contribution in [3.8, 4) is 0 Å². The number of benzene rings is 1. The third-order valence-electron chi connectivity index (χ3n) is 6.01. The number of hydrogen-bond acceptors (Lipinski definition) is 4. The molecule has 1 aromatic rings. The quantitative estimate of drug-likeness (QED) is 0.425. The van der Waals surface area contributed by atoms with Gasteiger partial charge >= 0.3 is 0 Å². The maximum atomic E-state index is 11.5. The molecule has 6 nitrogen and oxygen atoms in total. The molecule has 1 amide bonds. The van der Waals surface area contributed by atoms with E-state index < -0.39 is 4.92 Å². The molecule has 0 spiro atoms. The number of piperidine rings is 1. The Labute approximate surface area is 155 Å². The molecule has 6 heteroatoms. The van der Waals surface area contributed by atoms with Gasteiger partial charge in [-0.1, -0.05) is 39.2 Å². The fraction of sp³-hybridized carbons (Fsp3) is 0.650. The Balaban J connectivity index is 1.82. The van der Waals surface area contributed by atoms with Crippen LogP contribution >= 0.6 is 0 Å². The van der Waals surface area contributed by atoms with E-state index in [1.54, 1.807) is 0 Å². The van der Waals surface area contributed by atoms with Gasteiger partial charge < -0.3 is 5.32 Å². The van der Waals surface area contributed by atoms with E-state index in [4.69, 9.17) is 0 Å². The summed E-state index contributed by atoms with van der Waals surface area (Å²) in [4.78, 5) is 24.8. The molecular formula is C20H29N3O3. The second-order valence-corrected chi connectivity index (χ2v) is 7.82. The molecule has 0 aromatic heterocycles. The lowest BCUT2D eigenvalue weighted by Crippen LogP contribution is -2.29. The number of amides is 1. The van der Waals surface area contributed by atoms with Crippen molar-refractivity contribution in [1.82, 2.24) is 4.90 Å². The van der Waals surface area contributed by atoms with Crippen LogP contribution in [0.1, 0.15) is 58.1 Å². The van der Waals surface area contributed by atoms with Crippen molar-refractivity contribution in [1.29, 1.82) is 0 Å². The van der Waals surface area contributed by atoms with Gasteiger partial charge in [0.1, 0.15) is 5.69 Å². The minimum absolute atomic E-state index is 0.0446. The van der Waals surface area contributed by atoms with Gasteiger partial charge in [0.2, 0.25) is 5.91 Å². The highest BCUT2D eigenvalue weighted by Crippen LogP contribution is 2.61. The first-order valence-electron chi connectivity index (χ1n) is 9.74. The standard InChI is InChI=1S/C20H29N3O3/c1-4-5-6-7-10-22-12-16-13(2)19(16)20(22)15-8-9-18(23(25)26)17(11-15)21-14(3)24/h8-9,11,13,16,19-20H,4-7,10,12H2,1-3H3,(H,21,24). The number of nitro benzene ring substituents is 1. The van der Waals surface area contributed by atoms with Gasteiger partial charge in [0.25, 0.3) is 5.69 Å². The van der Waals surface area contributed by atoms with Crippen LogP contribution < -0.4 is 5.32 Å². The fourth-order valence-electron chi connectivity index (χ4n) is 4.61. The van der Waals surface area contributed by atoms with E-state index >= 15 is 0 Å². The summed E-state index contributed by atoms with van der Waals surface area (Å²) in [5.74, 6) is 1.80. The Morgan fingerprint density at radius 2 is 2.12 bits per heavy atom. The van der Waals surface area contributed by atoms with Crippen LogP contribution in [0.3, 0.4) is 0 Å². The molecule has 4 unspecified atom stereocenters. The number of rotatable bonds is 8. The molecule has 2 fully saturated rings. The minimum atomic E-state index is -0.436. The third-order valence-corrected chi connectivity index (χ3v) is 6.01. The Morgan fingerprint density at radius 1 is 1.35 bits per heavy atom. The summed E-state index contributed by atoms with van der Waals surface area (Å²) in [7, 11) is 0. The predicted octanol–water partition coefficient (Wildman–Crippen LogP) is 4.37. The molecule has 1 N–H and O–H groups in total. The van der Waals surface area contributed by atoms with Crippen molar-refractivity contribution in [2.75, 3.05) is 18.4 Å². The Kier molecular flexibility index (Phi) is 5.61. The number of unbranched alkanes of at least 4 members (excludes halogenated alkanes) is 3. The van der Waals surface area contributed by atoms with E-state index in [1.807, 2.05) is 12.1 Å². The van der Waals surface area contributed by atoms with Crippen LogP contribution in [0.25, 0.3) is 0 Å². The molecule has 4 atom stereocenters. The molecule has 1 saturated heterocycles. The zero-order valence-corrected chi connectivity index (χ0v) is 15.9. The van der Waals surface area contributed by atoms with Crippen LogP contribution in [-0.2, 0) is 4.79 Å². The molecule has 1 saturated carbocycles. The van der Waals surface area contributed by atoms with Gasteiger partial charge in [-0.05, 0) is 42.3 Å². The highest BCUT2D eigenvalue weighted by Gasteiger charge is 2.58. The Bertz CT molecular complexity index is 691. The normalized spacial score (nSPS) is 27.2. The summed E-state index contributed by atoms with van der Waals surface area (Å²) in [6.07, 6.45) is 4.95. The largest absolute Gasteiger partial charge is 0.321 e. The van der Waals surface area contributed by atoms with Gasteiger partial charge in [0.05, 0.1) is 4.92 Å². The predicted molar refractivity (Wildman–Crippen MR) is 102 cm³/mol. The molecule has 0 bridgehead atoms. The average molecular weight is 359 g/mol. The maximum Gasteiger partial charge on any atom is 0.292 e. The lowest BCUT2D eigenvalue weighted by Gasteiger charge is -2.29. The first-order valence-corrected chi connectivity index (χ1v) is 9.74. The van der Waals surface area contributed by atoms with Crippen molar-refractivity contribution in [3.05, 3.63) is 33.9 Å². The highest BCUT2D eigenvalue weighted by atomic mass is 16.6. The minimum Gasteiger partial charge on any atom is -0.321 e. The molecule has 0 radical (unpaired) electrons. The molecular weight excluding hydrogens is 330 g/mol. The van der Waals surface area contributed by atoms with Crippen molar-refractivity contribution in [3.63, 3.8) is 0 Å². The topological polar surface area (TPSA) is 75.5 Å². The van der Waals surface area contributed by atoms with Crippen LogP contribution in [0.2, 0.25) is 0 Å². The monoisotopic (exact) mass is 359 g/mol. The van der Waals surface area contributed by atoms with E-state index in [1.165, 1.54) is 38.7 Å². The van der Waals surface area contributed by atoms with Crippen molar-refractivity contribution in [2.45, 2.75) is 52.5 Å². The van der Waals surface area contributed by atoms with Crippen molar-refractivity contribution in [2.24, 2.45) is 17.8 Å². The van der Waals surface area contributed by atoms with Crippen LogP contribution in [0.15, 0.2) is 18.2 Å². The molecule has 1 heterocycles. The molecule has 2 aliphatic rings. The van der Waals surface area contributed by atoms with Gasteiger partial charge in [-0.15, -0.1) is 0 Å². The van der Waals surface area contributed by atoms with E-state index in [9.17, 15) is 14.9 Å². The third kappa shape index (κ3) is 3.75. The zero-order valence-electron chi connectivity index (χ0n) is 15.9. The molecule has 26 heavy (non-hydrogen) atoms. The van der Waals surface area contributed by atoms with Crippen LogP contribution in [-0.4, -0.2) is 28.8 Å². The molecule has 1 aliphatic carbocycles. The zero-order chi connectivity index (χ0) is 18.8. The van der Waals surface area contributed by atoms with E-state index in [0.717, 1.165) is 24.6 Å². The summed E-state index contributed by atoms with van der Waals surface area (Å²) < 4.78 is 0. The summed E-state index contributed by atoms with van der Waals surface area (Å²) in [6, 6.07) is 5.54. The lowest BCUT2D eigenvalue weighted by molar-refractivity contribution is -0.383. The number of likely N-dealkylation sites (tertiary alicyclic amines) is 1. The number of hydrogen-bond donors (Lipinski definition) is 1. The highest BCUT2D eigenvalue weighted by molar-refractivity contribution is 5.91. The van der Waals surface area contributed by atoms with Crippen molar-refractivity contribution < 1.29 is 9.72 Å². The van der Waals surface area contributed by atoms with Gasteiger partial charge in [0, 0.05) is 25.6 Å². The maximum absolute atomic E-state index is 11.5. The average Bonchev–Trinajstić information content (AvgIpc) is 3.04. The van der Waals surface area contributed by atoms with Crippen LogP contribution in [0.5, 0.6) is 0 Å². The molecule has 3 rings (SSSR count). The van der Waals surface area contributed by atoms with E-state index in [-0.39, 0.29) is 11.6 Å². The molecule has 1 aliphatic heterocycles. The summed E-state index contributed by atoms with van der Waals surface area (Å²) in [5.41, 5.74) is 1.35. The number of nitrogens with one attached hydrogen (secondary N) is 1. The number of carbonyl (C=O) groups excluding carboxylic acids is 1. The molecule has 1 aromatic carbocycles. The summed E-state index contributed by atoms with van der Waals surface area (Å²) in [5, 5.41) is 13.9. The number of fused-ring (bicyclic) bond motifs is 1. The van der Waals surface area contributed by atoms with Crippen molar-refractivity contribution >= 4 is 17.3 Å². The number of carbonyl (C=O) groups is 1. The van der Waals surface area contributed by atoms with E-state index in [0.29, 0.717) is 23.6 Å². The first kappa shape index (κ1) is 18.8. The van der Waals surface area contributed by atoms with Gasteiger partial charge in [0.15, 0.2) is 0 Å². The first-order chi connectivity index (χ1) is 12.4. The summed E-state index contributed by atoms with van der Waals surface area (Å²) >= 11 is 0. The van der Waals surface area contributed by atoms with Gasteiger partial charge in [-0.3, -0.25) is 19.8 Å². The number of anilines is 1. The second kappa shape index (κ2) is 7.74. The fourth-order valence-corrected chi connectivity index (χ4v) is 4.61. The smallest absolute Gasteiger partial charge is 0.292 e. The Hall–Kier alpha value is -1.95. The van der Waals surface area contributed by atoms with Crippen LogP contribution in [0.4, 0.5) is 11.4 Å². The van der Waals surface area contributed by atoms with Crippen LogP contribution in [0, 0.1) is 27.9 Å². The summed E-state index contributed by atoms with van der Waals surface area (Å²) in [6.45, 7) is 8.10. The van der Waals surface area contributed by atoms with Gasteiger partial charge in [-0.2, -0.15) is 0 Å².